The topological polar surface area (TPSA) is 77.2 Å². The molecule has 6 heteroatoms. The number of nitrogens with zero attached hydrogens (tertiary/aromatic N) is 1. The fraction of sp³-hybridized carbons (Fsp3) is 0.412. The van der Waals surface area contributed by atoms with E-state index in [1.54, 1.807) is 0 Å². The van der Waals surface area contributed by atoms with Crippen LogP contribution in [0.1, 0.15) is 31.1 Å². The summed E-state index contributed by atoms with van der Waals surface area (Å²) in [5, 5.41) is 3.47. The van der Waals surface area contributed by atoms with Gasteiger partial charge in [0.15, 0.2) is 5.13 Å². The monoisotopic (exact) mass is 333 g/mol. The molecule has 0 atom stereocenters. The van der Waals surface area contributed by atoms with Crippen LogP contribution in [0.4, 0.5) is 5.13 Å². The van der Waals surface area contributed by atoms with Crippen LogP contribution in [-0.4, -0.2) is 24.0 Å². The van der Waals surface area contributed by atoms with Gasteiger partial charge in [-0.3, -0.25) is 4.79 Å². The zero-order valence-electron chi connectivity index (χ0n) is 13.6. The first kappa shape index (κ1) is 17.4. The highest BCUT2D eigenvalue weighted by atomic mass is 32.1. The van der Waals surface area contributed by atoms with E-state index in [2.05, 4.69) is 17.2 Å². The van der Waals surface area contributed by atoms with Crippen LogP contribution < -0.4 is 15.8 Å². The SMILES string of the molecule is CCCOc1ccc(-c2nc(NC(=O)CCCN)sc2C)cc1. The van der Waals surface area contributed by atoms with Crippen LogP contribution in [-0.2, 0) is 4.79 Å². The second-order valence-electron chi connectivity index (χ2n) is 5.24. The maximum Gasteiger partial charge on any atom is 0.226 e. The lowest BCUT2D eigenvalue weighted by atomic mass is 10.1. The summed E-state index contributed by atoms with van der Waals surface area (Å²) in [4.78, 5) is 17.4. The molecule has 0 bridgehead atoms. The Bertz CT molecular complexity index is 638. The average molecular weight is 333 g/mol. The van der Waals surface area contributed by atoms with Crippen LogP contribution >= 0.6 is 11.3 Å². The lowest BCUT2D eigenvalue weighted by molar-refractivity contribution is -0.116. The van der Waals surface area contributed by atoms with Crippen molar-refractivity contribution in [3.63, 3.8) is 0 Å². The summed E-state index contributed by atoms with van der Waals surface area (Å²) in [5.41, 5.74) is 7.33. The summed E-state index contributed by atoms with van der Waals surface area (Å²) in [6, 6.07) is 7.88. The molecule has 0 saturated carbocycles. The smallest absolute Gasteiger partial charge is 0.226 e. The summed E-state index contributed by atoms with van der Waals surface area (Å²) in [5.74, 6) is 0.817. The molecule has 0 aliphatic heterocycles. The Kier molecular flexibility index (Phi) is 6.55. The molecule has 0 radical (unpaired) electrons. The molecule has 0 aliphatic carbocycles. The van der Waals surface area contributed by atoms with Crippen molar-refractivity contribution in [3.8, 4) is 17.0 Å². The number of benzene rings is 1. The third-order valence-electron chi connectivity index (χ3n) is 3.25. The predicted molar refractivity (Wildman–Crippen MR) is 95.0 cm³/mol. The minimum Gasteiger partial charge on any atom is -0.494 e. The quantitative estimate of drug-likeness (QED) is 0.774. The van der Waals surface area contributed by atoms with Gasteiger partial charge in [-0.15, -0.1) is 11.3 Å². The van der Waals surface area contributed by atoms with Gasteiger partial charge in [-0.25, -0.2) is 4.98 Å². The molecule has 0 fully saturated rings. The van der Waals surface area contributed by atoms with Gasteiger partial charge >= 0.3 is 0 Å². The standard InChI is InChI=1S/C17H23N3O2S/c1-3-11-22-14-8-6-13(7-9-14)16-12(2)23-17(20-16)19-15(21)5-4-10-18/h6-9H,3-5,10-11,18H2,1-2H3,(H,19,20,21). The maximum absolute atomic E-state index is 11.8. The lowest BCUT2D eigenvalue weighted by Gasteiger charge is -2.05. The number of nitrogens with two attached hydrogens (primary N) is 1. The zero-order valence-corrected chi connectivity index (χ0v) is 14.4. The number of thiazole rings is 1. The number of rotatable bonds is 8. The molecule has 1 aromatic carbocycles. The van der Waals surface area contributed by atoms with Gasteiger partial charge in [0.2, 0.25) is 5.91 Å². The van der Waals surface area contributed by atoms with E-state index in [4.69, 9.17) is 10.5 Å². The van der Waals surface area contributed by atoms with Crippen molar-refractivity contribution in [2.45, 2.75) is 33.1 Å². The number of nitrogens with one attached hydrogen (secondary N) is 1. The molecule has 0 saturated heterocycles. The molecule has 0 unspecified atom stereocenters. The van der Waals surface area contributed by atoms with Crippen molar-refractivity contribution >= 4 is 22.4 Å². The number of anilines is 1. The first-order chi connectivity index (χ1) is 11.1. The highest BCUT2D eigenvalue weighted by molar-refractivity contribution is 7.16. The molecule has 1 amide bonds. The van der Waals surface area contributed by atoms with Gasteiger partial charge in [0.05, 0.1) is 12.3 Å². The Hall–Kier alpha value is -1.92. The molecular formula is C17H23N3O2S. The number of carbonyl (C=O) groups is 1. The van der Waals surface area contributed by atoms with Crippen LogP contribution in [0.2, 0.25) is 0 Å². The van der Waals surface area contributed by atoms with E-state index in [1.165, 1.54) is 11.3 Å². The average Bonchev–Trinajstić information content (AvgIpc) is 2.91. The minimum atomic E-state index is -0.0425. The van der Waals surface area contributed by atoms with Gasteiger partial charge in [0.25, 0.3) is 0 Å². The van der Waals surface area contributed by atoms with Crippen LogP contribution in [0.3, 0.4) is 0 Å². The number of aryl methyl sites for hydroxylation is 1. The molecule has 2 rings (SSSR count). The maximum atomic E-state index is 11.8. The number of ether oxygens (including phenoxy) is 1. The molecule has 1 heterocycles. The van der Waals surface area contributed by atoms with Crippen LogP contribution in [0, 0.1) is 6.92 Å². The van der Waals surface area contributed by atoms with Crippen molar-refractivity contribution in [2.24, 2.45) is 5.73 Å². The largest absolute Gasteiger partial charge is 0.494 e. The first-order valence-electron chi connectivity index (χ1n) is 7.84. The highest BCUT2D eigenvalue weighted by Gasteiger charge is 2.12. The van der Waals surface area contributed by atoms with Crippen molar-refractivity contribution in [3.05, 3.63) is 29.1 Å². The van der Waals surface area contributed by atoms with Crippen molar-refractivity contribution < 1.29 is 9.53 Å². The van der Waals surface area contributed by atoms with Crippen LogP contribution in [0.5, 0.6) is 5.75 Å². The van der Waals surface area contributed by atoms with Gasteiger partial charge in [-0.05, 0) is 50.6 Å². The third kappa shape index (κ3) is 5.04. The predicted octanol–water partition coefficient (Wildman–Crippen LogP) is 3.58. The van der Waals surface area contributed by atoms with E-state index in [0.717, 1.165) is 28.3 Å². The number of hydrogen-bond acceptors (Lipinski definition) is 5. The Morgan fingerprint density at radius 1 is 1.35 bits per heavy atom. The molecule has 0 spiro atoms. The van der Waals surface area contributed by atoms with Gasteiger partial charge in [0.1, 0.15) is 5.75 Å². The number of aromatic nitrogens is 1. The molecule has 124 valence electrons. The minimum absolute atomic E-state index is 0.0425. The highest BCUT2D eigenvalue weighted by Crippen LogP contribution is 2.31. The zero-order chi connectivity index (χ0) is 16.7. The van der Waals surface area contributed by atoms with Crippen molar-refractivity contribution in [1.29, 1.82) is 0 Å². The molecule has 0 aliphatic rings. The van der Waals surface area contributed by atoms with E-state index in [0.29, 0.717) is 31.1 Å². The fourth-order valence-electron chi connectivity index (χ4n) is 2.09. The van der Waals surface area contributed by atoms with E-state index < -0.39 is 0 Å². The Balaban J connectivity index is 2.06. The summed E-state index contributed by atoms with van der Waals surface area (Å²) >= 11 is 1.48. The summed E-state index contributed by atoms with van der Waals surface area (Å²) < 4.78 is 5.59. The molecule has 1 aromatic heterocycles. The molecule has 2 aromatic rings. The second-order valence-corrected chi connectivity index (χ2v) is 6.44. The van der Waals surface area contributed by atoms with E-state index in [9.17, 15) is 4.79 Å². The summed E-state index contributed by atoms with van der Waals surface area (Å²) in [6.07, 6.45) is 2.09. The Morgan fingerprint density at radius 2 is 2.09 bits per heavy atom. The van der Waals surface area contributed by atoms with Gasteiger partial charge in [-0.2, -0.15) is 0 Å². The van der Waals surface area contributed by atoms with E-state index >= 15 is 0 Å². The Morgan fingerprint density at radius 3 is 2.74 bits per heavy atom. The van der Waals surface area contributed by atoms with Gasteiger partial charge in [-0.1, -0.05) is 6.92 Å². The number of carbonyl (C=O) groups excluding carboxylic acids is 1. The second kappa shape index (κ2) is 8.64. The molecule has 5 nitrogen and oxygen atoms in total. The lowest BCUT2D eigenvalue weighted by Crippen LogP contribution is -2.13. The number of amides is 1. The van der Waals surface area contributed by atoms with Crippen molar-refractivity contribution in [1.82, 2.24) is 4.98 Å². The Labute approximate surface area is 140 Å². The molecular weight excluding hydrogens is 310 g/mol. The first-order valence-corrected chi connectivity index (χ1v) is 8.66. The molecule has 3 N–H and O–H groups in total. The normalized spacial score (nSPS) is 10.6. The van der Waals surface area contributed by atoms with Gasteiger partial charge in [0, 0.05) is 16.9 Å². The van der Waals surface area contributed by atoms with E-state index in [-0.39, 0.29) is 5.91 Å². The molecule has 23 heavy (non-hydrogen) atoms. The van der Waals surface area contributed by atoms with E-state index in [1.807, 2.05) is 31.2 Å². The van der Waals surface area contributed by atoms with Gasteiger partial charge < -0.3 is 15.8 Å². The van der Waals surface area contributed by atoms with Crippen LogP contribution in [0.15, 0.2) is 24.3 Å². The number of hydrogen-bond donors (Lipinski definition) is 2. The summed E-state index contributed by atoms with van der Waals surface area (Å²) in [7, 11) is 0. The fourth-order valence-corrected chi connectivity index (χ4v) is 2.94. The van der Waals surface area contributed by atoms with Crippen molar-refractivity contribution in [2.75, 3.05) is 18.5 Å². The van der Waals surface area contributed by atoms with Crippen LogP contribution in [0.25, 0.3) is 11.3 Å². The third-order valence-corrected chi connectivity index (χ3v) is 4.14. The summed E-state index contributed by atoms with van der Waals surface area (Å²) in [6.45, 7) is 5.32.